The van der Waals surface area contributed by atoms with Crippen LogP contribution in [0.5, 0.6) is 0 Å². The van der Waals surface area contributed by atoms with E-state index in [1.54, 1.807) is 35.9 Å². The number of nitrogens with zero attached hydrogens (tertiary/aromatic N) is 3. The third kappa shape index (κ3) is 3.95. The van der Waals surface area contributed by atoms with E-state index in [4.69, 9.17) is 0 Å². The molecule has 0 saturated carbocycles. The maximum absolute atomic E-state index is 12.4. The predicted octanol–water partition coefficient (Wildman–Crippen LogP) is 1.78. The number of thioether (sulfide) groups is 1. The van der Waals surface area contributed by atoms with E-state index in [9.17, 15) is 13.2 Å². The topological polar surface area (TPSA) is 81.9 Å². The lowest BCUT2D eigenvalue weighted by atomic mass is 10.2. The SMILES string of the molecule is CC(=O)CSc1nnc(CS(=O)(=O)c2ccc(C)cc2)n1C. The number of hydrogen-bond donors (Lipinski definition) is 0. The third-order valence-corrected chi connectivity index (χ3v) is 5.82. The molecule has 0 aliphatic carbocycles. The molecule has 0 unspecified atom stereocenters. The molecule has 1 aromatic heterocycles. The van der Waals surface area contributed by atoms with E-state index < -0.39 is 9.84 Å². The lowest BCUT2D eigenvalue weighted by molar-refractivity contribution is -0.114. The molecule has 0 radical (unpaired) electrons. The maximum Gasteiger partial charge on any atom is 0.191 e. The molecule has 8 heteroatoms. The highest BCUT2D eigenvalue weighted by Gasteiger charge is 2.20. The zero-order valence-electron chi connectivity index (χ0n) is 12.6. The van der Waals surface area contributed by atoms with Crippen molar-refractivity contribution >= 4 is 27.4 Å². The third-order valence-electron chi connectivity index (χ3n) is 3.03. The van der Waals surface area contributed by atoms with E-state index in [1.165, 1.54) is 18.7 Å². The van der Waals surface area contributed by atoms with Crippen LogP contribution in [-0.4, -0.2) is 34.7 Å². The highest BCUT2D eigenvalue weighted by atomic mass is 32.2. The molecule has 2 aromatic rings. The minimum Gasteiger partial charge on any atom is -0.308 e. The van der Waals surface area contributed by atoms with E-state index in [0.29, 0.717) is 11.0 Å². The van der Waals surface area contributed by atoms with Gasteiger partial charge in [-0.1, -0.05) is 29.5 Å². The molecule has 1 aromatic carbocycles. The van der Waals surface area contributed by atoms with Gasteiger partial charge in [-0.2, -0.15) is 0 Å². The van der Waals surface area contributed by atoms with Crippen LogP contribution in [0.25, 0.3) is 0 Å². The number of aryl methyl sites for hydroxylation is 1. The molecule has 118 valence electrons. The largest absolute Gasteiger partial charge is 0.308 e. The normalized spacial score (nSPS) is 11.6. The number of carbonyl (C=O) groups is 1. The van der Waals surface area contributed by atoms with Crippen LogP contribution >= 0.6 is 11.8 Å². The van der Waals surface area contributed by atoms with E-state index in [-0.39, 0.29) is 22.2 Å². The van der Waals surface area contributed by atoms with Crippen molar-refractivity contribution in [3.8, 4) is 0 Å². The number of Topliss-reactive ketones (excluding diaryl/α,β-unsaturated/α-hetero) is 1. The second kappa shape index (κ2) is 6.62. The summed E-state index contributed by atoms with van der Waals surface area (Å²) in [6.07, 6.45) is 0. The Labute approximate surface area is 133 Å². The molecule has 2 rings (SSSR count). The first-order valence-corrected chi connectivity index (χ1v) is 9.23. The van der Waals surface area contributed by atoms with Crippen LogP contribution in [0, 0.1) is 6.92 Å². The fourth-order valence-electron chi connectivity index (χ4n) is 1.76. The second-order valence-corrected chi connectivity index (χ2v) is 7.95. The van der Waals surface area contributed by atoms with Gasteiger partial charge in [-0.25, -0.2) is 8.42 Å². The van der Waals surface area contributed by atoms with Crippen molar-refractivity contribution in [3.63, 3.8) is 0 Å². The first kappa shape index (κ1) is 16.7. The van der Waals surface area contributed by atoms with Gasteiger partial charge in [-0.05, 0) is 26.0 Å². The van der Waals surface area contributed by atoms with Gasteiger partial charge >= 0.3 is 0 Å². The van der Waals surface area contributed by atoms with Crippen LogP contribution in [-0.2, 0) is 27.4 Å². The number of aromatic nitrogens is 3. The Bertz CT molecular complexity index is 780. The fraction of sp³-hybridized carbons (Fsp3) is 0.357. The van der Waals surface area contributed by atoms with Crippen LogP contribution in [0.2, 0.25) is 0 Å². The number of rotatable bonds is 6. The summed E-state index contributed by atoms with van der Waals surface area (Å²) in [6, 6.07) is 6.70. The van der Waals surface area contributed by atoms with Crippen LogP contribution in [0.1, 0.15) is 18.3 Å². The molecule has 0 aliphatic rings. The minimum absolute atomic E-state index is 0.0295. The van der Waals surface area contributed by atoms with Gasteiger partial charge < -0.3 is 4.57 Å². The number of sulfone groups is 1. The summed E-state index contributed by atoms with van der Waals surface area (Å²) < 4.78 is 26.4. The standard InChI is InChI=1S/C14H17N3O3S2/c1-10-4-6-12(7-5-10)22(19,20)9-13-15-16-14(17(13)3)21-8-11(2)18/h4-7H,8-9H2,1-3H3. The zero-order valence-corrected chi connectivity index (χ0v) is 14.2. The average Bonchev–Trinajstić information content (AvgIpc) is 2.77. The molecule has 0 saturated heterocycles. The molecule has 0 N–H and O–H groups in total. The number of benzene rings is 1. The van der Waals surface area contributed by atoms with E-state index in [0.717, 1.165) is 5.56 Å². The van der Waals surface area contributed by atoms with Crippen molar-refractivity contribution in [2.45, 2.75) is 29.7 Å². The molecule has 0 bridgehead atoms. The van der Waals surface area contributed by atoms with E-state index >= 15 is 0 Å². The molecule has 6 nitrogen and oxygen atoms in total. The fourth-order valence-corrected chi connectivity index (χ4v) is 3.80. The molecule has 0 spiro atoms. The summed E-state index contributed by atoms with van der Waals surface area (Å²) >= 11 is 1.24. The minimum atomic E-state index is -3.47. The lowest BCUT2D eigenvalue weighted by Gasteiger charge is -2.05. The van der Waals surface area contributed by atoms with E-state index in [1.807, 2.05) is 6.92 Å². The summed E-state index contributed by atoms with van der Waals surface area (Å²) in [7, 11) is -1.77. The van der Waals surface area contributed by atoms with Gasteiger partial charge in [0.25, 0.3) is 0 Å². The Morgan fingerprint density at radius 1 is 1.23 bits per heavy atom. The molecular formula is C14H17N3O3S2. The summed E-state index contributed by atoms with van der Waals surface area (Å²) in [4.78, 5) is 11.3. The second-order valence-electron chi connectivity index (χ2n) is 5.02. The zero-order chi connectivity index (χ0) is 16.3. The quantitative estimate of drug-likeness (QED) is 0.746. The Balaban J connectivity index is 2.19. The first-order valence-electron chi connectivity index (χ1n) is 6.59. The molecule has 1 heterocycles. The van der Waals surface area contributed by atoms with Gasteiger partial charge in [0.05, 0.1) is 10.6 Å². The monoisotopic (exact) mass is 339 g/mol. The van der Waals surface area contributed by atoms with Crippen molar-refractivity contribution in [2.75, 3.05) is 5.75 Å². The summed E-state index contributed by atoms with van der Waals surface area (Å²) in [5, 5.41) is 8.39. The average molecular weight is 339 g/mol. The molecule has 0 atom stereocenters. The van der Waals surface area contributed by atoms with Crippen LogP contribution in [0.15, 0.2) is 34.3 Å². The highest BCUT2D eigenvalue weighted by molar-refractivity contribution is 7.99. The first-order chi connectivity index (χ1) is 10.3. The molecule has 22 heavy (non-hydrogen) atoms. The smallest absolute Gasteiger partial charge is 0.191 e. The Hall–Kier alpha value is -1.67. The van der Waals surface area contributed by atoms with Gasteiger partial charge in [0.15, 0.2) is 15.0 Å². The van der Waals surface area contributed by atoms with Crippen molar-refractivity contribution in [2.24, 2.45) is 7.05 Å². The lowest BCUT2D eigenvalue weighted by Crippen LogP contribution is -2.10. The Morgan fingerprint density at radius 3 is 2.45 bits per heavy atom. The summed E-state index contributed by atoms with van der Waals surface area (Å²) in [6.45, 7) is 3.39. The highest BCUT2D eigenvalue weighted by Crippen LogP contribution is 2.20. The van der Waals surface area contributed by atoms with Crippen LogP contribution < -0.4 is 0 Å². The van der Waals surface area contributed by atoms with Gasteiger partial charge in [-0.15, -0.1) is 10.2 Å². The Kier molecular flexibility index (Phi) is 5.02. The van der Waals surface area contributed by atoms with Crippen LogP contribution in [0.3, 0.4) is 0 Å². The number of carbonyl (C=O) groups excluding carboxylic acids is 1. The molecule has 0 fully saturated rings. The van der Waals surface area contributed by atoms with Gasteiger partial charge in [-0.3, -0.25) is 4.79 Å². The summed E-state index contributed by atoms with van der Waals surface area (Å²) in [5.74, 6) is 0.449. The molecular weight excluding hydrogens is 322 g/mol. The molecule has 0 amide bonds. The maximum atomic E-state index is 12.4. The van der Waals surface area contributed by atoms with Crippen molar-refractivity contribution in [1.29, 1.82) is 0 Å². The van der Waals surface area contributed by atoms with Crippen molar-refractivity contribution in [3.05, 3.63) is 35.7 Å². The van der Waals surface area contributed by atoms with E-state index in [2.05, 4.69) is 10.2 Å². The van der Waals surface area contributed by atoms with Crippen molar-refractivity contribution < 1.29 is 13.2 Å². The summed E-state index contributed by atoms with van der Waals surface area (Å²) in [5.41, 5.74) is 1.00. The number of ketones is 1. The van der Waals surface area contributed by atoms with Crippen molar-refractivity contribution in [1.82, 2.24) is 14.8 Å². The Morgan fingerprint density at radius 2 is 1.86 bits per heavy atom. The predicted molar refractivity (Wildman–Crippen MR) is 84.5 cm³/mol. The van der Waals surface area contributed by atoms with Gasteiger partial charge in [0.1, 0.15) is 17.4 Å². The number of hydrogen-bond acceptors (Lipinski definition) is 6. The van der Waals surface area contributed by atoms with Gasteiger partial charge in [0.2, 0.25) is 0 Å². The molecule has 0 aliphatic heterocycles. The van der Waals surface area contributed by atoms with Gasteiger partial charge in [0, 0.05) is 7.05 Å². The van der Waals surface area contributed by atoms with Crippen LogP contribution in [0.4, 0.5) is 0 Å².